The van der Waals surface area contributed by atoms with E-state index in [-0.39, 0.29) is 11.8 Å². The van der Waals surface area contributed by atoms with E-state index in [0.717, 1.165) is 12.8 Å². The van der Waals surface area contributed by atoms with E-state index in [1.54, 1.807) is 24.3 Å². The molecule has 1 fully saturated rings. The quantitative estimate of drug-likeness (QED) is 0.836. The first-order valence-corrected chi connectivity index (χ1v) is 6.17. The number of hydrogen-bond donors (Lipinski definition) is 2. The molecule has 0 bridgehead atoms. The topological polar surface area (TPSA) is 66.4 Å². The van der Waals surface area contributed by atoms with Crippen molar-refractivity contribution in [3.05, 3.63) is 35.9 Å². The van der Waals surface area contributed by atoms with Crippen LogP contribution in [0.4, 0.5) is 0 Å². The zero-order valence-electron chi connectivity index (χ0n) is 10.3. The fourth-order valence-electron chi connectivity index (χ4n) is 2.02. The van der Waals surface area contributed by atoms with Crippen LogP contribution in [0.3, 0.4) is 0 Å². The van der Waals surface area contributed by atoms with Gasteiger partial charge in [-0.2, -0.15) is 0 Å². The van der Waals surface area contributed by atoms with Gasteiger partial charge in [-0.15, -0.1) is 0 Å². The van der Waals surface area contributed by atoms with Crippen LogP contribution in [-0.4, -0.2) is 17.0 Å². The highest BCUT2D eigenvalue weighted by Crippen LogP contribution is 2.36. The van der Waals surface area contributed by atoms with Gasteiger partial charge >= 0.3 is 5.97 Å². The fourth-order valence-corrected chi connectivity index (χ4v) is 2.02. The van der Waals surface area contributed by atoms with Crippen LogP contribution in [0.2, 0.25) is 0 Å². The summed E-state index contributed by atoms with van der Waals surface area (Å²) >= 11 is 0. The lowest BCUT2D eigenvalue weighted by atomic mass is 10.0. The molecule has 0 aliphatic heterocycles. The number of nitrogens with one attached hydrogen (secondary N) is 1. The summed E-state index contributed by atoms with van der Waals surface area (Å²) in [4.78, 5) is 23.2. The number of amides is 1. The van der Waals surface area contributed by atoms with Gasteiger partial charge in [0.2, 0.25) is 5.91 Å². The molecule has 2 rings (SSSR count). The van der Waals surface area contributed by atoms with E-state index in [1.807, 2.05) is 13.0 Å². The molecule has 1 aromatic rings. The van der Waals surface area contributed by atoms with Crippen molar-refractivity contribution in [2.75, 3.05) is 0 Å². The van der Waals surface area contributed by atoms with E-state index >= 15 is 0 Å². The Hall–Kier alpha value is -1.84. The lowest BCUT2D eigenvalue weighted by Crippen LogP contribution is -2.37. The van der Waals surface area contributed by atoms with E-state index in [1.165, 1.54) is 0 Å². The fraction of sp³-hybridized carbons (Fsp3) is 0.429. The molecule has 0 saturated heterocycles. The second kappa shape index (κ2) is 5.21. The molecule has 2 N–H and O–H groups in total. The first-order chi connectivity index (χ1) is 8.59. The van der Waals surface area contributed by atoms with Crippen molar-refractivity contribution >= 4 is 11.9 Å². The molecule has 0 aromatic heterocycles. The lowest BCUT2D eigenvalue weighted by molar-refractivity contribution is -0.142. The Morgan fingerprint density at radius 1 is 1.28 bits per heavy atom. The van der Waals surface area contributed by atoms with Crippen LogP contribution in [0.15, 0.2) is 30.3 Å². The van der Waals surface area contributed by atoms with Crippen LogP contribution in [0.5, 0.6) is 0 Å². The molecule has 0 heterocycles. The molecule has 1 aliphatic rings. The Kier molecular flexibility index (Phi) is 3.65. The maximum Gasteiger partial charge on any atom is 0.330 e. The average molecular weight is 247 g/mol. The van der Waals surface area contributed by atoms with Crippen molar-refractivity contribution in [2.45, 2.75) is 25.8 Å². The maximum absolute atomic E-state index is 11.9. The molecular formula is C14H17NO3. The summed E-state index contributed by atoms with van der Waals surface area (Å²) < 4.78 is 0. The zero-order valence-corrected chi connectivity index (χ0v) is 10.3. The van der Waals surface area contributed by atoms with Crippen molar-refractivity contribution < 1.29 is 14.7 Å². The molecule has 1 saturated carbocycles. The maximum atomic E-state index is 11.9. The molecule has 2 atom stereocenters. The van der Waals surface area contributed by atoms with Gasteiger partial charge < -0.3 is 10.4 Å². The summed E-state index contributed by atoms with van der Waals surface area (Å²) in [6.45, 7) is 1.86. The van der Waals surface area contributed by atoms with Crippen LogP contribution in [0.1, 0.15) is 31.4 Å². The zero-order chi connectivity index (χ0) is 13.1. The Morgan fingerprint density at radius 2 is 1.89 bits per heavy atom. The third-order valence-corrected chi connectivity index (χ3v) is 3.41. The predicted molar refractivity (Wildman–Crippen MR) is 66.8 cm³/mol. The molecular weight excluding hydrogens is 230 g/mol. The van der Waals surface area contributed by atoms with Gasteiger partial charge in [-0.25, -0.2) is 4.79 Å². The SMILES string of the molecule is CC(C(=O)N[C@@H](C(=O)O)c1ccccc1)C1CC1. The molecule has 4 nitrogen and oxygen atoms in total. The highest BCUT2D eigenvalue weighted by atomic mass is 16.4. The van der Waals surface area contributed by atoms with Crippen LogP contribution in [-0.2, 0) is 9.59 Å². The Bertz CT molecular complexity index is 440. The number of carboxylic acid groups (broad SMARTS) is 1. The molecule has 96 valence electrons. The van der Waals surface area contributed by atoms with Gasteiger partial charge in [-0.1, -0.05) is 37.3 Å². The molecule has 0 spiro atoms. The van der Waals surface area contributed by atoms with Gasteiger partial charge in [-0.3, -0.25) is 4.79 Å². The summed E-state index contributed by atoms with van der Waals surface area (Å²) in [5.41, 5.74) is 0.598. The Balaban J connectivity index is 2.07. The monoisotopic (exact) mass is 247 g/mol. The van der Waals surface area contributed by atoms with Gasteiger partial charge in [-0.05, 0) is 24.3 Å². The van der Waals surface area contributed by atoms with Gasteiger partial charge in [0.25, 0.3) is 0 Å². The summed E-state index contributed by atoms with van der Waals surface area (Å²) in [6.07, 6.45) is 2.13. The number of carbonyl (C=O) groups excluding carboxylic acids is 1. The van der Waals surface area contributed by atoms with Gasteiger partial charge in [0.1, 0.15) is 0 Å². The highest BCUT2D eigenvalue weighted by Gasteiger charge is 2.34. The second-order valence-corrected chi connectivity index (χ2v) is 4.82. The molecule has 1 amide bonds. The van der Waals surface area contributed by atoms with Crippen LogP contribution in [0.25, 0.3) is 0 Å². The number of benzene rings is 1. The normalized spacial score (nSPS) is 17.8. The molecule has 0 radical (unpaired) electrons. The van der Waals surface area contributed by atoms with Crippen molar-refractivity contribution in [3.63, 3.8) is 0 Å². The van der Waals surface area contributed by atoms with Crippen molar-refractivity contribution in [1.82, 2.24) is 5.32 Å². The number of carbonyl (C=O) groups is 2. The molecule has 1 aromatic carbocycles. The minimum Gasteiger partial charge on any atom is -0.479 e. The largest absolute Gasteiger partial charge is 0.479 e. The van der Waals surface area contributed by atoms with Crippen molar-refractivity contribution in [3.8, 4) is 0 Å². The minimum atomic E-state index is -1.03. The predicted octanol–water partition coefficient (Wildman–Crippen LogP) is 1.97. The molecule has 18 heavy (non-hydrogen) atoms. The first kappa shape index (κ1) is 12.6. The van der Waals surface area contributed by atoms with E-state index in [2.05, 4.69) is 5.32 Å². The van der Waals surface area contributed by atoms with Crippen molar-refractivity contribution in [1.29, 1.82) is 0 Å². The summed E-state index contributed by atoms with van der Waals surface area (Å²) in [7, 11) is 0. The van der Waals surface area contributed by atoms with E-state index in [0.29, 0.717) is 11.5 Å². The third-order valence-electron chi connectivity index (χ3n) is 3.41. The van der Waals surface area contributed by atoms with Gasteiger partial charge in [0.05, 0.1) is 0 Å². The first-order valence-electron chi connectivity index (χ1n) is 6.17. The molecule has 1 unspecified atom stereocenters. The molecule has 4 heteroatoms. The number of aliphatic carboxylic acids is 1. The summed E-state index contributed by atoms with van der Waals surface area (Å²) in [5.74, 6) is -0.878. The lowest BCUT2D eigenvalue weighted by Gasteiger charge is -2.17. The Labute approximate surface area is 106 Å². The van der Waals surface area contributed by atoms with Crippen LogP contribution >= 0.6 is 0 Å². The van der Waals surface area contributed by atoms with Crippen LogP contribution < -0.4 is 5.32 Å². The van der Waals surface area contributed by atoms with Gasteiger partial charge in [0, 0.05) is 5.92 Å². The smallest absolute Gasteiger partial charge is 0.330 e. The van der Waals surface area contributed by atoms with Crippen molar-refractivity contribution in [2.24, 2.45) is 11.8 Å². The molecule has 1 aliphatic carbocycles. The summed E-state index contributed by atoms with van der Waals surface area (Å²) in [6, 6.07) is 7.81. The van der Waals surface area contributed by atoms with E-state index in [4.69, 9.17) is 0 Å². The number of carboxylic acids is 1. The summed E-state index contributed by atoms with van der Waals surface area (Å²) in [5, 5.41) is 11.8. The second-order valence-electron chi connectivity index (χ2n) is 4.82. The third kappa shape index (κ3) is 2.88. The van der Waals surface area contributed by atoms with E-state index < -0.39 is 12.0 Å². The highest BCUT2D eigenvalue weighted by molar-refractivity contribution is 5.86. The Morgan fingerprint density at radius 3 is 2.39 bits per heavy atom. The minimum absolute atomic E-state index is 0.101. The standard InChI is InChI=1S/C14H17NO3/c1-9(10-7-8-10)13(16)15-12(14(17)18)11-5-3-2-4-6-11/h2-6,9-10,12H,7-8H2,1H3,(H,15,16)(H,17,18)/t9?,12-/m1/s1. The van der Waals surface area contributed by atoms with E-state index in [9.17, 15) is 14.7 Å². The van der Waals surface area contributed by atoms with Crippen LogP contribution in [0, 0.1) is 11.8 Å². The number of rotatable bonds is 5. The average Bonchev–Trinajstić information content (AvgIpc) is 3.19. The number of hydrogen-bond acceptors (Lipinski definition) is 2. The van der Waals surface area contributed by atoms with Gasteiger partial charge in [0.15, 0.2) is 6.04 Å².